The molecule has 0 saturated heterocycles. The summed E-state index contributed by atoms with van der Waals surface area (Å²) < 4.78 is 0. The molecule has 4 heteroatoms. The van der Waals surface area contributed by atoms with Gasteiger partial charge >= 0.3 is 0 Å². The molecule has 0 aliphatic rings. The van der Waals surface area contributed by atoms with Crippen molar-refractivity contribution in [3.05, 3.63) is 83.4 Å². The van der Waals surface area contributed by atoms with E-state index in [0.717, 1.165) is 21.9 Å². The van der Waals surface area contributed by atoms with Gasteiger partial charge in [-0.15, -0.1) is 0 Å². The fourth-order valence-electron chi connectivity index (χ4n) is 2.00. The third kappa shape index (κ3) is 3.12. The van der Waals surface area contributed by atoms with E-state index >= 15 is 0 Å². The van der Waals surface area contributed by atoms with Gasteiger partial charge in [-0.1, -0.05) is 18.2 Å². The molecule has 0 bridgehead atoms. The number of aromatic amines is 1. The van der Waals surface area contributed by atoms with Crippen LogP contribution >= 0.6 is 0 Å². The zero-order chi connectivity index (χ0) is 14.5. The van der Waals surface area contributed by atoms with Crippen LogP contribution in [0.15, 0.2) is 77.9 Å². The molecule has 3 heterocycles. The summed E-state index contributed by atoms with van der Waals surface area (Å²) >= 11 is 0. The predicted octanol–water partition coefficient (Wildman–Crippen LogP) is 3.16. The lowest BCUT2D eigenvalue weighted by Crippen LogP contribution is -2.01. The molecular formula is C17H13N3O. The van der Waals surface area contributed by atoms with Gasteiger partial charge in [0.25, 0.3) is 0 Å². The van der Waals surface area contributed by atoms with Crippen LogP contribution in [0.4, 0.5) is 0 Å². The summed E-state index contributed by atoms with van der Waals surface area (Å²) in [5.41, 5.74) is 1.65. The highest BCUT2D eigenvalue weighted by Gasteiger charge is 1.89. The number of aromatic nitrogens is 3. The summed E-state index contributed by atoms with van der Waals surface area (Å²) in [6.07, 6.45) is 3.49. The molecule has 0 radical (unpaired) electrons. The second-order valence-electron chi connectivity index (χ2n) is 4.46. The van der Waals surface area contributed by atoms with Gasteiger partial charge in [-0.2, -0.15) is 0 Å². The van der Waals surface area contributed by atoms with Crippen LogP contribution in [0, 0.1) is 0 Å². The number of pyridine rings is 3. The zero-order valence-corrected chi connectivity index (χ0v) is 11.2. The molecule has 0 aliphatic carbocycles. The normalized spacial score (nSPS) is 10.1. The summed E-state index contributed by atoms with van der Waals surface area (Å²) in [6.45, 7) is 0. The predicted molar refractivity (Wildman–Crippen MR) is 84.1 cm³/mol. The highest BCUT2D eigenvalue weighted by Crippen LogP contribution is 2.06. The summed E-state index contributed by atoms with van der Waals surface area (Å²) in [6, 6.07) is 18.8. The van der Waals surface area contributed by atoms with Crippen LogP contribution in [0.1, 0.15) is 0 Å². The Morgan fingerprint density at radius 2 is 1.38 bits per heavy atom. The minimum atomic E-state index is -0.0521. The van der Waals surface area contributed by atoms with E-state index in [-0.39, 0.29) is 5.56 Å². The molecule has 0 aliphatic heterocycles. The maximum atomic E-state index is 10.8. The van der Waals surface area contributed by atoms with Crippen LogP contribution in [0.3, 0.4) is 0 Å². The maximum Gasteiger partial charge on any atom is 0.248 e. The van der Waals surface area contributed by atoms with E-state index in [1.807, 2.05) is 54.6 Å². The molecule has 0 spiro atoms. The molecule has 1 aromatic carbocycles. The number of fused-ring (bicyclic) bond motifs is 2. The second kappa shape index (κ2) is 5.96. The van der Waals surface area contributed by atoms with Gasteiger partial charge in [-0.25, -0.2) is 9.97 Å². The highest BCUT2D eigenvalue weighted by atomic mass is 16.1. The molecule has 21 heavy (non-hydrogen) atoms. The van der Waals surface area contributed by atoms with Gasteiger partial charge < -0.3 is 4.98 Å². The first-order chi connectivity index (χ1) is 10.3. The third-order valence-corrected chi connectivity index (χ3v) is 3.01. The third-order valence-electron chi connectivity index (χ3n) is 3.01. The first-order valence-corrected chi connectivity index (χ1v) is 6.57. The first-order valence-electron chi connectivity index (χ1n) is 6.57. The average molecular weight is 275 g/mol. The molecule has 4 aromatic rings. The van der Waals surface area contributed by atoms with E-state index < -0.39 is 0 Å². The van der Waals surface area contributed by atoms with Gasteiger partial charge in [0, 0.05) is 29.4 Å². The Labute approximate surface area is 121 Å². The summed E-state index contributed by atoms with van der Waals surface area (Å²) in [7, 11) is 0. The van der Waals surface area contributed by atoms with E-state index in [9.17, 15) is 4.79 Å². The Morgan fingerprint density at radius 3 is 2.10 bits per heavy atom. The fourth-order valence-corrected chi connectivity index (χ4v) is 2.00. The van der Waals surface area contributed by atoms with E-state index in [1.165, 1.54) is 6.07 Å². The van der Waals surface area contributed by atoms with E-state index in [4.69, 9.17) is 0 Å². The van der Waals surface area contributed by atoms with Crippen LogP contribution in [-0.2, 0) is 0 Å². The molecule has 0 fully saturated rings. The molecular weight excluding hydrogens is 262 g/mol. The molecule has 0 unspecified atom stereocenters. The quantitative estimate of drug-likeness (QED) is 0.536. The molecule has 4 nitrogen and oxygen atoms in total. The van der Waals surface area contributed by atoms with Crippen molar-refractivity contribution < 1.29 is 0 Å². The van der Waals surface area contributed by atoms with Crippen molar-refractivity contribution in [2.24, 2.45) is 0 Å². The topological polar surface area (TPSA) is 58.6 Å². The van der Waals surface area contributed by atoms with Crippen molar-refractivity contribution in [2.45, 2.75) is 0 Å². The van der Waals surface area contributed by atoms with Gasteiger partial charge in [0.1, 0.15) is 0 Å². The molecule has 0 amide bonds. The monoisotopic (exact) mass is 275 g/mol. The Morgan fingerprint density at radius 1 is 0.714 bits per heavy atom. The van der Waals surface area contributed by atoms with Crippen LogP contribution in [0.25, 0.3) is 21.9 Å². The number of hydrogen-bond donors (Lipinski definition) is 1. The Bertz CT molecular complexity index is 866. The van der Waals surface area contributed by atoms with Gasteiger partial charge in [-0.3, -0.25) is 4.79 Å². The number of nitrogens with one attached hydrogen (secondary N) is 1. The van der Waals surface area contributed by atoms with E-state index in [2.05, 4.69) is 15.0 Å². The van der Waals surface area contributed by atoms with Crippen molar-refractivity contribution >= 4 is 21.9 Å². The van der Waals surface area contributed by atoms with Gasteiger partial charge in [0.2, 0.25) is 5.56 Å². The Balaban J connectivity index is 0.000000126. The molecule has 4 rings (SSSR count). The maximum absolute atomic E-state index is 10.8. The van der Waals surface area contributed by atoms with Gasteiger partial charge in [0.15, 0.2) is 5.65 Å². The number of para-hydroxylation sites is 1. The molecule has 102 valence electrons. The largest absolute Gasteiger partial charge is 0.322 e. The molecule has 0 saturated carbocycles. The van der Waals surface area contributed by atoms with Gasteiger partial charge in [-0.05, 0) is 41.8 Å². The highest BCUT2D eigenvalue weighted by molar-refractivity contribution is 5.77. The van der Waals surface area contributed by atoms with Crippen LogP contribution in [-0.4, -0.2) is 15.0 Å². The number of H-pyrrole nitrogens is 1. The number of nitrogens with zero attached hydrogens (tertiary/aromatic N) is 2. The van der Waals surface area contributed by atoms with E-state index in [0.29, 0.717) is 0 Å². The smallest absolute Gasteiger partial charge is 0.248 e. The Hall–Kier alpha value is -3.01. The van der Waals surface area contributed by atoms with Crippen molar-refractivity contribution in [3.8, 4) is 0 Å². The van der Waals surface area contributed by atoms with Crippen LogP contribution in [0.2, 0.25) is 0 Å². The number of hydrogen-bond acceptors (Lipinski definition) is 3. The summed E-state index contributed by atoms with van der Waals surface area (Å²) in [5.74, 6) is 0. The van der Waals surface area contributed by atoms with E-state index in [1.54, 1.807) is 12.4 Å². The molecule has 0 atom stereocenters. The zero-order valence-electron chi connectivity index (χ0n) is 11.2. The average Bonchev–Trinajstić information content (AvgIpc) is 2.55. The lowest BCUT2D eigenvalue weighted by molar-refractivity contribution is 1.29. The molecule has 3 aromatic heterocycles. The number of benzene rings is 1. The van der Waals surface area contributed by atoms with Crippen LogP contribution in [0.5, 0.6) is 0 Å². The summed E-state index contributed by atoms with van der Waals surface area (Å²) in [4.78, 5) is 21.7. The lowest BCUT2D eigenvalue weighted by Gasteiger charge is -1.93. The molecule has 1 N–H and O–H groups in total. The SMILES string of the molecule is O=c1ccc2ccccc2[nH]1.c1cnc2ncccc2c1. The lowest BCUT2D eigenvalue weighted by atomic mass is 10.2. The van der Waals surface area contributed by atoms with Crippen molar-refractivity contribution in [1.82, 2.24) is 15.0 Å². The first kappa shape index (κ1) is 13.0. The fraction of sp³-hybridized carbons (Fsp3) is 0. The summed E-state index contributed by atoms with van der Waals surface area (Å²) in [5, 5.41) is 2.15. The minimum Gasteiger partial charge on any atom is -0.322 e. The van der Waals surface area contributed by atoms with Crippen molar-refractivity contribution in [3.63, 3.8) is 0 Å². The van der Waals surface area contributed by atoms with Crippen molar-refractivity contribution in [2.75, 3.05) is 0 Å². The Kier molecular flexibility index (Phi) is 3.69. The van der Waals surface area contributed by atoms with Gasteiger partial charge in [0.05, 0.1) is 0 Å². The second-order valence-corrected chi connectivity index (χ2v) is 4.46. The van der Waals surface area contributed by atoms with Crippen molar-refractivity contribution in [1.29, 1.82) is 0 Å². The van der Waals surface area contributed by atoms with Crippen LogP contribution < -0.4 is 5.56 Å². The standard InChI is InChI=1S/C9H7NO.C8H6N2/c11-9-6-5-7-3-1-2-4-8(7)10-9;1-3-7-4-2-6-10-8(7)9-5-1/h1-6H,(H,10,11);1-6H. The minimum absolute atomic E-state index is 0.0521. The number of rotatable bonds is 0.